The van der Waals surface area contributed by atoms with Crippen molar-refractivity contribution in [2.45, 2.75) is 13.5 Å². The zero-order valence-electron chi connectivity index (χ0n) is 9.75. The summed E-state index contributed by atoms with van der Waals surface area (Å²) in [5.41, 5.74) is 0. The summed E-state index contributed by atoms with van der Waals surface area (Å²) in [5, 5.41) is 10.6. The Morgan fingerprint density at radius 2 is 2.28 bits per heavy atom. The van der Waals surface area contributed by atoms with E-state index in [1.165, 1.54) is 0 Å². The van der Waals surface area contributed by atoms with Gasteiger partial charge in [-0.2, -0.15) is 15.0 Å². The maximum atomic E-state index is 5.75. The van der Waals surface area contributed by atoms with Gasteiger partial charge >= 0.3 is 6.01 Å². The lowest BCUT2D eigenvalue weighted by Gasteiger charge is -2.06. The van der Waals surface area contributed by atoms with Crippen molar-refractivity contribution in [1.29, 1.82) is 0 Å². The van der Waals surface area contributed by atoms with Crippen molar-refractivity contribution in [1.82, 2.24) is 29.9 Å². The molecule has 2 aromatic heterocycles. The Morgan fingerprint density at radius 1 is 1.39 bits per heavy atom. The van der Waals surface area contributed by atoms with Crippen LogP contribution in [0.4, 0.5) is 5.95 Å². The van der Waals surface area contributed by atoms with Crippen molar-refractivity contribution in [2.24, 2.45) is 0 Å². The Labute approximate surface area is 108 Å². The molecule has 0 atom stereocenters. The molecule has 2 rings (SSSR count). The smallest absolute Gasteiger partial charge is 0.322 e. The second-order valence-corrected chi connectivity index (χ2v) is 3.57. The maximum absolute atomic E-state index is 5.75. The van der Waals surface area contributed by atoms with Crippen LogP contribution in [0.2, 0.25) is 5.28 Å². The average molecular weight is 270 g/mol. The van der Waals surface area contributed by atoms with Crippen LogP contribution in [-0.4, -0.2) is 43.1 Å². The predicted molar refractivity (Wildman–Crippen MR) is 64.5 cm³/mol. The summed E-state index contributed by atoms with van der Waals surface area (Å²) in [4.78, 5) is 11.8. The molecule has 0 aromatic carbocycles. The van der Waals surface area contributed by atoms with Crippen LogP contribution in [-0.2, 0) is 6.54 Å². The minimum absolute atomic E-state index is 0.0942. The van der Waals surface area contributed by atoms with E-state index in [2.05, 4.69) is 30.6 Å². The molecule has 96 valence electrons. The first-order valence-corrected chi connectivity index (χ1v) is 5.78. The SMILES string of the molecule is CCOc1nc(Cl)nc(NCCn2ccnn2)n1. The number of aromatic nitrogens is 6. The molecule has 0 aliphatic heterocycles. The van der Waals surface area contributed by atoms with E-state index < -0.39 is 0 Å². The first kappa shape index (κ1) is 12.5. The monoisotopic (exact) mass is 269 g/mol. The fourth-order valence-electron chi connectivity index (χ4n) is 1.24. The Hall–Kier alpha value is -1.96. The topological polar surface area (TPSA) is 90.6 Å². The molecule has 8 nitrogen and oxygen atoms in total. The Bertz CT molecular complexity index is 490. The molecular weight excluding hydrogens is 258 g/mol. The molecule has 0 spiro atoms. The van der Waals surface area contributed by atoms with Gasteiger partial charge < -0.3 is 10.1 Å². The van der Waals surface area contributed by atoms with Crippen molar-refractivity contribution in [3.63, 3.8) is 0 Å². The minimum atomic E-state index is 0.0942. The molecule has 0 bridgehead atoms. The van der Waals surface area contributed by atoms with Crippen LogP contribution in [0.3, 0.4) is 0 Å². The van der Waals surface area contributed by atoms with E-state index in [0.29, 0.717) is 25.6 Å². The maximum Gasteiger partial charge on any atom is 0.322 e. The van der Waals surface area contributed by atoms with Gasteiger partial charge in [0.05, 0.1) is 19.3 Å². The molecule has 0 unspecified atom stereocenters. The van der Waals surface area contributed by atoms with Gasteiger partial charge in [0.2, 0.25) is 11.2 Å². The Balaban J connectivity index is 1.92. The largest absolute Gasteiger partial charge is 0.464 e. The number of halogens is 1. The molecule has 9 heteroatoms. The van der Waals surface area contributed by atoms with Gasteiger partial charge in [-0.15, -0.1) is 5.10 Å². The molecule has 0 saturated carbocycles. The Morgan fingerprint density at radius 3 is 3.00 bits per heavy atom. The number of hydrogen-bond acceptors (Lipinski definition) is 7. The van der Waals surface area contributed by atoms with Crippen molar-refractivity contribution in [2.75, 3.05) is 18.5 Å². The molecule has 0 radical (unpaired) electrons. The van der Waals surface area contributed by atoms with Gasteiger partial charge in [-0.1, -0.05) is 5.21 Å². The van der Waals surface area contributed by atoms with E-state index in [9.17, 15) is 0 Å². The third-order valence-corrected chi connectivity index (χ3v) is 2.13. The highest BCUT2D eigenvalue weighted by Crippen LogP contribution is 2.10. The second-order valence-electron chi connectivity index (χ2n) is 3.24. The third-order valence-electron chi connectivity index (χ3n) is 1.96. The van der Waals surface area contributed by atoms with Gasteiger partial charge in [0.15, 0.2) is 0 Å². The van der Waals surface area contributed by atoms with E-state index in [1.54, 1.807) is 17.1 Å². The van der Waals surface area contributed by atoms with E-state index >= 15 is 0 Å². The number of nitrogens with zero attached hydrogens (tertiary/aromatic N) is 6. The number of rotatable bonds is 6. The van der Waals surface area contributed by atoms with Crippen LogP contribution in [0.15, 0.2) is 12.4 Å². The number of ether oxygens (including phenoxy) is 1. The van der Waals surface area contributed by atoms with Crippen molar-refractivity contribution in [3.8, 4) is 6.01 Å². The van der Waals surface area contributed by atoms with E-state index in [1.807, 2.05) is 6.92 Å². The predicted octanol–water partition coefficient (Wildman–Crippen LogP) is 0.627. The van der Waals surface area contributed by atoms with Gasteiger partial charge in [-0.05, 0) is 18.5 Å². The highest BCUT2D eigenvalue weighted by molar-refractivity contribution is 6.28. The number of nitrogens with one attached hydrogen (secondary N) is 1. The molecule has 0 saturated heterocycles. The van der Waals surface area contributed by atoms with Crippen LogP contribution in [0.5, 0.6) is 6.01 Å². The van der Waals surface area contributed by atoms with Crippen molar-refractivity contribution in [3.05, 3.63) is 17.7 Å². The third kappa shape index (κ3) is 3.52. The number of anilines is 1. The van der Waals surface area contributed by atoms with E-state index in [4.69, 9.17) is 16.3 Å². The molecule has 2 heterocycles. The van der Waals surface area contributed by atoms with E-state index in [0.717, 1.165) is 0 Å². The van der Waals surface area contributed by atoms with E-state index in [-0.39, 0.29) is 11.3 Å². The molecule has 0 fully saturated rings. The summed E-state index contributed by atoms with van der Waals surface area (Å²) < 4.78 is 6.86. The van der Waals surface area contributed by atoms with Crippen LogP contribution in [0.1, 0.15) is 6.92 Å². The molecule has 0 aliphatic rings. The molecule has 0 amide bonds. The first-order chi connectivity index (χ1) is 8.78. The average Bonchev–Trinajstić information content (AvgIpc) is 2.82. The number of hydrogen-bond donors (Lipinski definition) is 1. The standard InChI is InChI=1S/C9H12ClN7O/c1-2-18-9-14-7(10)13-8(15-9)11-3-5-17-6-4-12-16-17/h4,6H,2-3,5H2,1H3,(H,11,13,14,15). The van der Waals surface area contributed by atoms with Gasteiger partial charge in [0, 0.05) is 12.7 Å². The zero-order chi connectivity index (χ0) is 12.8. The van der Waals surface area contributed by atoms with Gasteiger partial charge in [0.25, 0.3) is 0 Å². The lowest BCUT2D eigenvalue weighted by atomic mass is 10.6. The summed E-state index contributed by atoms with van der Waals surface area (Å²) in [5.74, 6) is 0.374. The van der Waals surface area contributed by atoms with Crippen LogP contribution in [0, 0.1) is 0 Å². The molecule has 18 heavy (non-hydrogen) atoms. The first-order valence-electron chi connectivity index (χ1n) is 5.40. The van der Waals surface area contributed by atoms with Crippen LogP contribution in [0.25, 0.3) is 0 Å². The zero-order valence-corrected chi connectivity index (χ0v) is 10.5. The van der Waals surface area contributed by atoms with Crippen LogP contribution >= 0.6 is 11.6 Å². The van der Waals surface area contributed by atoms with Gasteiger partial charge in [-0.25, -0.2) is 0 Å². The minimum Gasteiger partial charge on any atom is -0.464 e. The normalized spacial score (nSPS) is 10.3. The highest BCUT2D eigenvalue weighted by atomic mass is 35.5. The second kappa shape index (κ2) is 6.10. The van der Waals surface area contributed by atoms with Gasteiger partial charge in [0.1, 0.15) is 0 Å². The molecule has 2 aromatic rings. The fraction of sp³-hybridized carbons (Fsp3) is 0.444. The van der Waals surface area contributed by atoms with Crippen molar-refractivity contribution >= 4 is 17.5 Å². The molecular formula is C9H12ClN7O. The van der Waals surface area contributed by atoms with Crippen molar-refractivity contribution < 1.29 is 4.74 Å². The quantitative estimate of drug-likeness (QED) is 0.822. The summed E-state index contributed by atoms with van der Waals surface area (Å²) >= 11 is 5.75. The molecule has 1 N–H and O–H groups in total. The highest BCUT2D eigenvalue weighted by Gasteiger charge is 2.05. The lowest BCUT2D eigenvalue weighted by molar-refractivity contribution is 0.312. The lowest BCUT2D eigenvalue weighted by Crippen LogP contribution is -2.13. The summed E-state index contributed by atoms with van der Waals surface area (Å²) in [7, 11) is 0. The Kier molecular flexibility index (Phi) is 4.24. The summed E-state index contributed by atoms with van der Waals surface area (Å²) in [6, 6.07) is 0.209. The van der Waals surface area contributed by atoms with Crippen LogP contribution < -0.4 is 10.1 Å². The van der Waals surface area contributed by atoms with Gasteiger partial charge in [-0.3, -0.25) is 4.68 Å². The summed E-state index contributed by atoms with van der Waals surface area (Å²) in [6.45, 7) is 3.55. The summed E-state index contributed by atoms with van der Waals surface area (Å²) in [6.07, 6.45) is 3.39. The fourth-order valence-corrected chi connectivity index (χ4v) is 1.39. The molecule has 0 aliphatic carbocycles.